The van der Waals surface area contributed by atoms with Gasteiger partial charge in [-0.15, -0.1) is 0 Å². The Labute approximate surface area is 111 Å². The number of pyridine rings is 1. The highest BCUT2D eigenvalue weighted by Crippen LogP contribution is 2.28. The summed E-state index contributed by atoms with van der Waals surface area (Å²) >= 11 is 3.01. The summed E-state index contributed by atoms with van der Waals surface area (Å²) in [5, 5.41) is 2.56. The minimum absolute atomic E-state index is 0.223. The Kier molecular flexibility index (Phi) is 3.47. The zero-order chi connectivity index (χ0) is 13.3. The van der Waals surface area contributed by atoms with Crippen LogP contribution in [0, 0.1) is 18.6 Å². The molecule has 94 valence electrons. The fraction of sp³-hybridized carbons (Fsp3) is 0.0833. The lowest BCUT2D eigenvalue weighted by Gasteiger charge is -2.10. The quantitative estimate of drug-likeness (QED) is 0.887. The van der Waals surface area contributed by atoms with Crippen LogP contribution in [0.4, 0.5) is 26.0 Å². The van der Waals surface area contributed by atoms with Crippen LogP contribution in [0.15, 0.2) is 28.9 Å². The number of aromatic nitrogens is 1. The topological polar surface area (TPSA) is 50.9 Å². The largest absolute Gasteiger partial charge is 0.396 e. The van der Waals surface area contributed by atoms with Crippen molar-refractivity contribution in [2.45, 2.75) is 6.92 Å². The highest BCUT2D eigenvalue weighted by atomic mass is 79.9. The molecule has 0 aliphatic rings. The molecule has 0 saturated heterocycles. The van der Waals surface area contributed by atoms with Gasteiger partial charge in [-0.25, -0.2) is 13.8 Å². The van der Waals surface area contributed by atoms with Crippen molar-refractivity contribution < 1.29 is 8.78 Å². The van der Waals surface area contributed by atoms with Gasteiger partial charge in [0, 0.05) is 10.7 Å². The second-order valence-corrected chi connectivity index (χ2v) is 4.74. The predicted octanol–water partition coefficient (Wildman–Crippen LogP) is 3.76. The van der Waals surface area contributed by atoms with E-state index in [1.165, 1.54) is 0 Å². The molecule has 0 spiro atoms. The van der Waals surface area contributed by atoms with E-state index in [2.05, 4.69) is 26.2 Å². The first-order valence-electron chi connectivity index (χ1n) is 5.11. The number of hydrogen-bond donors (Lipinski definition) is 2. The molecule has 2 aromatic rings. The van der Waals surface area contributed by atoms with Gasteiger partial charge in [0.25, 0.3) is 0 Å². The van der Waals surface area contributed by atoms with Gasteiger partial charge < -0.3 is 11.1 Å². The Morgan fingerprint density at radius 3 is 2.39 bits per heavy atom. The summed E-state index contributed by atoms with van der Waals surface area (Å²) < 4.78 is 27.5. The van der Waals surface area contributed by atoms with Crippen LogP contribution >= 0.6 is 15.9 Å². The molecule has 0 atom stereocenters. The maximum atomic E-state index is 13.6. The van der Waals surface area contributed by atoms with Crippen molar-refractivity contribution in [3.8, 4) is 0 Å². The lowest BCUT2D eigenvalue weighted by atomic mass is 10.2. The highest BCUT2D eigenvalue weighted by Gasteiger charge is 2.12. The molecule has 0 aliphatic heterocycles. The molecule has 3 nitrogen and oxygen atoms in total. The molecule has 0 unspecified atom stereocenters. The number of nitrogens with one attached hydrogen (secondary N) is 1. The first-order chi connectivity index (χ1) is 8.47. The molecule has 0 saturated carbocycles. The molecular formula is C12H10BrF2N3. The zero-order valence-electron chi connectivity index (χ0n) is 9.47. The maximum absolute atomic E-state index is 13.6. The first-order valence-corrected chi connectivity index (χ1v) is 5.90. The van der Waals surface area contributed by atoms with Gasteiger partial charge in [-0.3, -0.25) is 0 Å². The Bertz CT molecular complexity index is 579. The minimum Gasteiger partial charge on any atom is -0.396 e. The molecule has 0 radical (unpaired) electrons. The van der Waals surface area contributed by atoms with Gasteiger partial charge in [-0.05, 0) is 30.7 Å². The number of halogens is 3. The molecule has 1 aromatic heterocycles. The summed E-state index contributed by atoms with van der Waals surface area (Å²) in [6.07, 6.45) is 1.56. The van der Waals surface area contributed by atoms with Crippen LogP contribution in [0.1, 0.15) is 5.56 Å². The minimum atomic E-state index is -0.719. The summed E-state index contributed by atoms with van der Waals surface area (Å²) in [7, 11) is 0. The van der Waals surface area contributed by atoms with Crippen molar-refractivity contribution in [2.24, 2.45) is 0 Å². The third-order valence-corrected chi connectivity index (χ3v) is 2.76. The second kappa shape index (κ2) is 4.89. The summed E-state index contributed by atoms with van der Waals surface area (Å²) in [6, 6.07) is 4.00. The number of aryl methyl sites for hydroxylation is 1. The van der Waals surface area contributed by atoms with Crippen molar-refractivity contribution in [3.63, 3.8) is 0 Å². The van der Waals surface area contributed by atoms with Gasteiger partial charge >= 0.3 is 0 Å². The average Bonchev–Trinajstić information content (AvgIpc) is 2.25. The standard InChI is InChI=1S/C12H10BrF2N3/c1-6-2-10(16)12(17-5-6)18-11-8(14)3-7(13)4-9(11)15/h2-5H,16H2,1H3,(H,17,18). The molecule has 6 heteroatoms. The number of anilines is 3. The van der Waals surface area contributed by atoms with Gasteiger partial charge in [0.05, 0.1) is 5.69 Å². The van der Waals surface area contributed by atoms with Gasteiger partial charge in [0.15, 0.2) is 17.5 Å². The fourth-order valence-electron chi connectivity index (χ4n) is 1.48. The molecule has 1 aromatic carbocycles. The van der Waals surface area contributed by atoms with Crippen LogP contribution in [-0.2, 0) is 0 Å². The SMILES string of the molecule is Cc1cnc(Nc2c(F)cc(Br)cc2F)c(N)c1. The van der Waals surface area contributed by atoms with Gasteiger partial charge in [-0.2, -0.15) is 0 Å². The average molecular weight is 314 g/mol. The third kappa shape index (κ3) is 2.59. The van der Waals surface area contributed by atoms with Gasteiger partial charge in [0.1, 0.15) is 5.69 Å². The zero-order valence-corrected chi connectivity index (χ0v) is 11.1. The van der Waals surface area contributed by atoms with Crippen molar-refractivity contribution in [3.05, 3.63) is 46.1 Å². The van der Waals surface area contributed by atoms with Crippen LogP contribution in [0.25, 0.3) is 0 Å². The number of hydrogen-bond acceptors (Lipinski definition) is 3. The molecule has 0 aliphatic carbocycles. The first kappa shape index (κ1) is 12.8. The van der Waals surface area contributed by atoms with Gasteiger partial charge in [0.2, 0.25) is 0 Å². The Morgan fingerprint density at radius 1 is 1.22 bits per heavy atom. The summed E-state index contributed by atoms with van der Waals surface area (Å²) in [5.74, 6) is -1.21. The van der Waals surface area contributed by atoms with E-state index in [-0.39, 0.29) is 11.5 Å². The van der Waals surface area contributed by atoms with E-state index in [0.717, 1.165) is 17.7 Å². The Hall–Kier alpha value is -1.69. The molecule has 1 heterocycles. The maximum Gasteiger partial charge on any atom is 0.153 e. The lowest BCUT2D eigenvalue weighted by molar-refractivity contribution is 0.589. The van der Waals surface area contributed by atoms with E-state index in [9.17, 15) is 8.78 Å². The van der Waals surface area contributed by atoms with E-state index < -0.39 is 11.6 Å². The van der Waals surface area contributed by atoms with E-state index >= 15 is 0 Å². The van der Waals surface area contributed by atoms with E-state index in [4.69, 9.17) is 5.73 Å². The molecule has 18 heavy (non-hydrogen) atoms. The van der Waals surface area contributed by atoms with Crippen LogP contribution in [0.2, 0.25) is 0 Å². The van der Waals surface area contributed by atoms with Crippen LogP contribution < -0.4 is 11.1 Å². The van der Waals surface area contributed by atoms with Crippen molar-refractivity contribution >= 4 is 33.1 Å². The third-order valence-electron chi connectivity index (χ3n) is 2.30. The Balaban J connectivity index is 2.40. The van der Waals surface area contributed by atoms with Gasteiger partial charge in [-0.1, -0.05) is 15.9 Å². The predicted molar refractivity (Wildman–Crippen MR) is 70.7 cm³/mol. The highest BCUT2D eigenvalue weighted by molar-refractivity contribution is 9.10. The van der Waals surface area contributed by atoms with Crippen LogP contribution in [-0.4, -0.2) is 4.98 Å². The van der Waals surface area contributed by atoms with E-state index in [1.807, 2.05) is 6.92 Å². The number of rotatable bonds is 2. The molecule has 3 N–H and O–H groups in total. The van der Waals surface area contributed by atoms with Crippen molar-refractivity contribution in [1.29, 1.82) is 0 Å². The van der Waals surface area contributed by atoms with Crippen LogP contribution in [0.5, 0.6) is 0 Å². The Morgan fingerprint density at radius 2 is 1.83 bits per heavy atom. The lowest BCUT2D eigenvalue weighted by Crippen LogP contribution is -2.03. The summed E-state index contributed by atoms with van der Waals surface area (Å²) in [6.45, 7) is 1.83. The molecule has 2 rings (SSSR count). The molecule has 0 amide bonds. The second-order valence-electron chi connectivity index (χ2n) is 3.82. The molecule has 0 bridgehead atoms. The van der Waals surface area contributed by atoms with Crippen LogP contribution in [0.3, 0.4) is 0 Å². The molecular weight excluding hydrogens is 304 g/mol. The number of nitrogens with two attached hydrogens (primary N) is 1. The monoisotopic (exact) mass is 313 g/mol. The summed E-state index contributed by atoms with van der Waals surface area (Å²) in [5.41, 5.74) is 6.64. The van der Waals surface area contributed by atoms with E-state index in [0.29, 0.717) is 10.2 Å². The smallest absolute Gasteiger partial charge is 0.153 e. The fourth-order valence-corrected chi connectivity index (χ4v) is 1.88. The number of nitrogen functional groups attached to an aromatic ring is 1. The normalized spacial score (nSPS) is 10.4. The van der Waals surface area contributed by atoms with Crippen molar-refractivity contribution in [1.82, 2.24) is 4.98 Å². The molecule has 0 fully saturated rings. The van der Waals surface area contributed by atoms with Crippen molar-refractivity contribution in [2.75, 3.05) is 11.1 Å². The summed E-state index contributed by atoms with van der Waals surface area (Å²) in [4.78, 5) is 4.00. The van der Waals surface area contributed by atoms with E-state index in [1.54, 1.807) is 12.3 Å². The number of nitrogens with zero attached hydrogens (tertiary/aromatic N) is 1. The number of benzene rings is 1.